The molecule has 1 atom stereocenters. The summed E-state index contributed by atoms with van der Waals surface area (Å²) in [4.78, 5) is 26.2. The second-order valence-electron chi connectivity index (χ2n) is 7.18. The number of carbonyl (C=O) groups excluding carboxylic acids is 2. The van der Waals surface area contributed by atoms with Gasteiger partial charge in [-0.3, -0.25) is 9.59 Å². The number of nitrogens with one attached hydrogen (secondary N) is 2. The first-order valence-corrected chi connectivity index (χ1v) is 12.0. The lowest BCUT2D eigenvalue weighted by Crippen LogP contribution is -2.19. The molecule has 0 heterocycles. The van der Waals surface area contributed by atoms with Gasteiger partial charge >= 0.3 is 0 Å². The monoisotopic (exact) mass is 486 g/mol. The summed E-state index contributed by atoms with van der Waals surface area (Å²) in [7, 11) is 0. The van der Waals surface area contributed by atoms with Crippen LogP contribution in [0.25, 0.3) is 0 Å². The predicted molar refractivity (Wildman–Crippen MR) is 135 cm³/mol. The SMILES string of the molecule is CCCCC(=O)Nc1cccc(SC(C(=O)Nc2cccc(Cl)c2Cl)c2ccccc2)c1. The number of carbonyl (C=O) groups is 2. The van der Waals surface area contributed by atoms with Crippen LogP contribution in [0, 0.1) is 0 Å². The molecule has 7 heteroatoms. The van der Waals surface area contributed by atoms with Gasteiger partial charge in [0.25, 0.3) is 0 Å². The molecule has 3 rings (SSSR count). The van der Waals surface area contributed by atoms with Crippen molar-refractivity contribution in [1.82, 2.24) is 0 Å². The highest BCUT2D eigenvalue weighted by Gasteiger charge is 2.23. The number of hydrogen-bond donors (Lipinski definition) is 2. The maximum Gasteiger partial charge on any atom is 0.242 e. The minimum absolute atomic E-state index is 0.0121. The van der Waals surface area contributed by atoms with Crippen LogP contribution in [-0.2, 0) is 9.59 Å². The summed E-state index contributed by atoms with van der Waals surface area (Å²) < 4.78 is 0. The van der Waals surface area contributed by atoms with Crippen LogP contribution in [0.3, 0.4) is 0 Å². The van der Waals surface area contributed by atoms with Crippen molar-refractivity contribution in [2.75, 3.05) is 10.6 Å². The Kier molecular flexibility index (Phi) is 9.03. The van der Waals surface area contributed by atoms with E-state index in [9.17, 15) is 9.59 Å². The lowest BCUT2D eigenvalue weighted by Gasteiger charge is -2.18. The number of anilines is 2. The van der Waals surface area contributed by atoms with Crippen molar-refractivity contribution in [3.05, 3.63) is 88.4 Å². The molecular weight excluding hydrogens is 463 g/mol. The van der Waals surface area contributed by atoms with Crippen LogP contribution >= 0.6 is 35.0 Å². The van der Waals surface area contributed by atoms with Crippen LogP contribution in [-0.4, -0.2) is 11.8 Å². The zero-order valence-electron chi connectivity index (χ0n) is 17.6. The van der Waals surface area contributed by atoms with E-state index in [1.165, 1.54) is 11.8 Å². The minimum atomic E-state index is -0.530. The van der Waals surface area contributed by atoms with Crippen molar-refractivity contribution in [2.45, 2.75) is 36.3 Å². The molecule has 0 radical (unpaired) electrons. The van der Waals surface area contributed by atoms with Crippen molar-refractivity contribution in [1.29, 1.82) is 0 Å². The fourth-order valence-corrected chi connectivity index (χ4v) is 4.47. The molecule has 2 N–H and O–H groups in total. The van der Waals surface area contributed by atoms with Gasteiger partial charge in [-0.05, 0) is 42.3 Å². The standard InChI is InChI=1S/C25H24Cl2N2O2S/c1-2-3-15-22(30)28-18-11-7-12-19(16-18)32-24(17-9-5-4-6-10-17)25(31)29-21-14-8-13-20(26)23(21)27/h4-14,16,24H,2-3,15H2,1H3,(H,28,30)(H,29,31). The summed E-state index contributed by atoms with van der Waals surface area (Å²) in [5.74, 6) is -0.232. The van der Waals surface area contributed by atoms with Gasteiger partial charge in [-0.25, -0.2) is 0 Å². The van der Waals surface area contributed by atoms with E-state index in [0.29, 0.717) is 27.8 Å². The Morgan fingerprint density at radius 3 is 2.44 bits per heavy atom. The van der Waals surface area contributed by atoms with Crippen LogP contribution in [0.2, 0.25) is 10.0 Å². The molecule has 0 aliphatic rings. The van der Waals surface area contributed by atoms with Crippen LogP contribution < -0.4 is 10.6 Å². The zero-order chi connectivity index (χ0) is 22.9. The third-order valence-corrected chi connectivity index (χ3v) is 6.75. The summed E-state index contributed by atoms with van der Waals surface area (Å²) in [5, 5.41) is 5.97. The van der Waals surface area contributed by atoms with E-state index in [-0.39, 0.29) is 11.8 Å². The average Bonchev–Trinajstić information content (AvgIpc) is 2.80. The summed E-state index contributed by atoms with van der Waals surface area (Å²) in [6.45, 7) is 2.05. The number of halogens is 2. The van der Waals surface area contributed by atoms with E-state index in [1.807, 2.05) is 54.6 Å². The van der Waals surface area contributed by atoms with Crippen LogP contribution in [0.15, 0.2) is 77.7 Å². The molecule has 0 aliphatic heterocycles. The number of benzene rings is 3. The Balaban J connectivity index is 1.81. The van der Waals surface area contributed by atoms with Gasteiger partial charge in [0, 0.05) is 17.0 Å². The summed E-state index contributed by atoms with van der Waals surface area (Å²) in [6.07, 6.45) is 2.31. The molecule has 0 spiro atoms. The Labute approximate surface area is 202 Å². The summed E-state index contributed by atoms with van der Waals surface area (Å²) in [5.41, 5.74) is 2.02. The maximum absolute atomic E-state index is 13.3. The van der Waals surface area contributed by atoms with Crippen molar-refractivity contribution in [3.63, 3.8) is 0 Å². The molecule has 0 aliphatic carbocycles. The van der Waals surface area contributed by atoms with Gasteiger partial charge in [0.15, 0.2) is 0 Å². The maximum atomic E-state index is 13.3. The highest BCUT2D eigenvalue weighted by molar-refractivity contribution is 8.00. The molecule has 1 unspecified atom stereocenters. The van der Waals surface area contributed by atoms with Gasteiger partial charge in [-0.2, -0.15) is 0 Å². The summed E-state index contributed by atoms with van der Waals surface area (Å²) >= 11 is 13.8. The number of thioether (sulfide) groups is 1. The number of hydrogen-bond acceptors (Lipinski definition) is 3. The van der Waals surface area contributed by atoms with Gasteiger partial charge in [0.05, 0.1) is 15.7 Å². The Morgan fingerprint density at radius 1 is 0.938 bits per heavy atom. The van der Waals surface area contributed by atoms with E-state index in [4.69, 9.17) is 23.2 Å². The van der Waals surface area contributed by atoms with Gasteiger partial charge < -0.3 is 10.6 Å². The number of amides is 2. The van der Waals surface area contributed by atoms with Crippen molar-refractivity contribution in [3.8, 4) is 0 Å². The molecule has 166 valence electrons. The second-order valence-corrected chi connectivity index (χ2v) is 9.14. The molecule has 0 saturated carbocycles. The minimum Gasteiger partial charge on any atom is -0.326 e. The molecule has 3 aromatic rings. The second kappa shape index (κ2) is 12.0. The zero-order valence-corrected chi connectivity index (χ0v) is 19.9. The fraction of sp³-hybridized carbons (Fsp3) is 0.200. The Morgan fingerprint density at radius 2 is 1.69 bits per heavy atom. The van der Waals surface area contributed by atoms with Gasteiger partial charge in [-0.15, -0.1) is 11.8 Å². The fourth-order valence-electron chi connectivity index (χ4n) is 3.04. The molecule has 0 aromatic heterocycles. The van der Waals surface area contributed by atoms with Crippen LogP contribution in [0.4, 0.5) is 11.4 Å². The number of rotatable bonds is 9. The molecule has 2 amide bonds. The predicted octanol–water partition coefficient (Wildman–Crippen LogP) is 7.59. The normalized spacial score (nSPS) is 11.6. The third kappa shape index (κ3) is 6.76. The molecule has 0 bridgehead atoms. The van der Waals surface area contributed by atoms with E-state index < -0.39 is 5.25 Å². The molecule has 32 heavy (non-hydrogen) atoms. The van der Waals surface area contributed by atoms with Crippen LogP contribution in [0.1, 0.15) is 37.0 Å². The smallest absolute Gasteiger partial charge is 0.242 e. The topological polar surface area (TPSA) is 58.2 Å². The molecule has 3 aromatic carbocycles. The van der Waals surface area contributed by atoms with Crippen molar-refractivity contribution < 1.29 is 9.59 Å². The van der Waals surface area contributed by atoms with Gasteiger partial charge in [0.2, 0.25) is 11.8 Å². The lowest BCUT2D eigenvalue weighted by atomic mass is 10.1. The van der Waals surface area contributed by atoms with Crippen molar-refractivity contribution in [2.24, 2.45) is 0 Å². The van der Waals surface area contributed by atoms with E-state index in [2.05, 4.69) is 17.6 Å². The first kappa shape index (κ1) is 24.2. The molecular formula is C25H24Cl2N2O2S. The highest BCUT2D eigenvalue weighted by Crippen LogP contribution is 2.38. The average molecular weight is 487 g/mol. The number of unbranched alkanes of at least 4 members (excludes halogenated alkanes) is 1. The van der Waals surface area contributed by atoms with Gasteiger partial charge in [-0.1, -0.05) is 79.0 Å². The molecule has 4 nitrogen and oxygen atoms in total. The van der Waals surface area contributed by atoms with Crippen LogP contribution in [0.5, 0.6) is 0 Å². The Hall–Kier alpha value is -2.47. The van der Waals surface area contributed by atoms with Gasteiger partial charge in [0.1, 0.15) is 5.25 Å². The van der Waals surface area contributed by atoms with E-state index in [1.54, 1.807) is 18.2 Å². The van der Waals surface area contributed by atoms with Crippen molar-refractivity contribution >= 4 is 58.2 Å². The third-order valence-electron chi connectivity index (χ3n) is 4.68. The quantitative estimate of drug-likeness (QED) is 0.306. The lowest BCUT2D eigenvalue weighted by molar-refractivity contribution is -0.116. The molecule has 0 saturated heterocycles. The Bertz CT molecular complexity index is 1080. The van der Waals surface area contributed by atoms with E-state index in [0.717, 1.165) is 23.3 Å². The highest BCUT2D eigenvalue weighted by atomic mass is 35.5. The largest absolute Gasteiger partial charge is 0.326 e. The molecule has 0 fully saturated rings. The van der Waals surface area contributed by atoms with E-state index >= 15 is 0 Å². The first-order chi connectivity index (χ1) is 15.5. The summed E-state index contributed by atoms with van der Waals surface area (Å²) in [6, 6.07) is 22.1. The first-order valence-electron chi connectivity index (χ1n) is 10.3.